The minimum Gasteiger partial charge on any atom is -0.482 e. The van der Waals surface area contributed by atoms with Gasteiger partial charge in [-0.2, -0.15) is 0 Å². The van der Waals surface area contributed by atoms with Gasteiger partial charge in [0.15, 0.2) is 6.61 Å². The molecule has 0 bridgehead atoms. The quantitative estimate of drug-likeness (QED) is 0.685. The molecule has 1 fully saturated rings. The van der Waals surface area contributed by atoms with Crippen LogP contribution in [0.4, 0.5) is 5.69 Å². The Hall–Kier alpha value is -2.04. The van der Waals surface area contributed by atoms with Crippen LogP contribution in [0.5, 0.6) is 11.5 Å². The lowest BCUT2D eigenvalue weighted by atomic mass is 9.86. The van der Waals surface area contributed by atoms with Crippen molar-refractivity contribution in [2.45, 2.75) is 44.9 Å². The first kappa shape index (κ1) is 14.9. The van der Waals surface area contributed by atoms with Gasteiger partial charge in [-0.1, -0.05) is 32.1 Å². The van der Waals surface area contributed by atoms with Gasteiger partial charge in [0.05, 0.1) is 5.69 Å². The molecule has 1 N–H and O–H groups in total. The maximum absolute atomic E-state index is 11.9. The second-order valence-electron chi connectivity index (χ2n) is 6.01. The van der Waals surface area contributed by atoms with E-state index in [9.17, 15) is 9.59 Å². The van der Waals surface area contributed by atoms with E-state index >= 15 is 0 Å². The molecule has 5 nitrogen and oxygen atoms in total. The Morgan fingerprint density at radius 3 is 2.91 bits per heavy atom. The highest BCUT2D eigenvalue weighted by Gasteiger charge is 2.18. The van der Waals surface area contributed by atoms with Crippen molar-refractivity contribution in [3.63, 3.8) is 0 Å². The lowest BCUT2D eigenvalue weighted by Gasteiger charge is -2.21. The fraction of sp³-hybridized carbons (Fsp3) is 0.529. The molecular formula is C17H21NO4. The topological polar surface area (TPSA) is 64.6 Å². The summed E-state index contributed by atoms with van der Waals surface area (Å²) in [6.45, 7) is 0.0214. The second kappa shape index (κ2) is 6.81. The van der Waals surface area contributed by atoms with Crippen LogP contribution in [0.25, 0.3) is 0 Å². The summed E-state index contributed by atoms with van der Waals surface area (Å²) in [5.41, 5.74) is 0.550. The van der Waals surface area contributed by atoms with Gasteiger partial charge in [-0.3, -0.25) is 9.59 Å². The average Bonchev–Trinajstić information content (AvgIpc) is 2.53. The van der Waals surface area contributed by atoms with Crippen LogP contribution in [0.2, 0.25) is 0 Å². The van der Waals surface area contributed by atoms with Gasteiger partial charge in [-0.05, 0) is 24.5 Å². The van der Waals surface area contributed by atoms with Gasteiger partial charge in [0, 0.05) is 12.5 Å². The van der Waals surface area contributed by atoms with Crippen LogP contribution in [0.1, 0.15) is 44.9 Å². The monoisotopic (exact) mass is 303 g/mol. The van der Waals surface area contributed by atoms with Crippen LogP contribution in [-0.2, 0) is 9.59 Å². The number of anilines is 1. The predicted octanol–water partition coefficient (Wildman–Crippen LogP) is 3.28. The van der Waals surface area contributed by atoms with Crippen LogP contribution >= 0.6 is 0 Å². The number of esters is 1. The Morgan fingerprint density at radius 2 is 2.09 bits per heavy atom. The Morgan fingerprint density at radius 1 is 1.27 bits per heavy atom. The smallest absolute Gasteiger partial charge is 0.311 e. The summed E-state index contributed by atoms with van der Waals surface area (Å²) < 4.78 is 10.6. The second-order valence-corrected chi connectivity index (χ2v) is 6.01. The zero-order valence-electron chi connectivity index (χ0n) is 12.6. The largest absolute Gasteiger partial charge is 0.482 e. The van der Waals surface area contributed by atoms with Gasteiger partial charge in [0.25, 0.3) is 5.91 Å². The lowest BCUT2D eigenvalue weighted by Crippen LogP contribution is -2.25. The maximum Gasteiger partial charge on any atom is 0.311 e. The number of benzene rings is 1. The van der Waals surface area contributed by atoms with Gasteiger partial charge in [-0.25, -0.2) is 0 Å². The summed E-state index contributed by atoms with van der Waals surface area (Å²) in [6, 6.07) is 5.03. The van der Waals surface area contributed by atoms with Crippen LogP contribution in [0.15, 0.2) is 18.2 Å². The van der Waals surface area contributed by atoms with Crippen LogP contribution in [-0.4, -0.2) is 18.5 Å². The van der Waals surface area contributed by atoms with Crippen molar-refractivity contribution in [3.05, 3.63) is 18.2 Å². The molecule has 3 rings (SSSR count). The number of carbonyl (C=O) groups excluding carboxylic acids is 2. The third-order valence-corrected chi connectivity index (χ3v) is 4.30. The van der Waals surface area contributed by atoms with Crippen LogP contribution in [0.3, 0.4) is 0 Å². The van der Waals surface area contributed by atoms with E-state index < -0.39 is 0 Å². The molecule has 1 aromatic rings. The molecule has 0 spiro atoms. The average molecular weight is 303 g/mol. The Labute approximate surface area is 130 Å². The number of rotatable bonds is 4. The van der Waals surface area contributed by atoms with Crippen molar-refractivity contribution >= 4 is 17.6 Å². The summed E-state index contributed by atoms with van der Waals surface area (Å²) in [4.78, 5) is 23.2. The molecule has 0 atom stereocenters. The van der Waals surface area contributed by atoms with E-state index in [-0.39, 0.29) is 18.5 Å². The van der Waals surface area contributed by atoms with E-state index in [2.05, 4.69) is 5.32 Å². The van der Waals surface area contributed by atoms with Crippen LogP contribution < -0.4 is 14.8 Å². The first-order valence-electron chi connectivity index (χ1n) is 7.98. The molecule has 1 aliphatic carbocycles. The minimum absolute atomic E-state index is 0.0214. The lowest BCUT2D eigenvalue weighted by molar-refractivity contribution is -0.134. The minimum atomic E-state index is -0.214. The van der Waals surface area contributed by atoms with E-state index in [0.717, 1.165) is 6.42 Å². The number of amides is 1. The fourth-order valence-corrected chi connectivity index (χ4v) is 3.11. The zero-order chi connectivity index (χ0) is 15.4. The maximum atomic E-state index is 11.9. The molecule has 0 unspecified atom stereocenters. The molecule has 22 heavy (non-hydrogen) atoms. The number of ether oxygens (including phenoxy) is 2. The molecule has 1 aromatic carbocycles. The number of nitrogens with one attached hydrogen (secondary N) is 1. The SMILES string of the molecule is O=C1COc2ccc(OC(=O)CCC3CCCCC3)cc2N1. The highest BCUT2D eigenvalue weighted by atomic mass is 16.5. The van der Waals surface area contributed by atoms with Crippen molar-refractivity contribution in [1.29, 1.82) is 0 Å². The molecule has 0 radical (unpaired) electrons. The normalized spacial score (nSPS) is 18.1. The van der Waals surface area contributed by atoms with Gasteiger partial charge in [0.2, 0.25) is 0 Å². The Bertz CT molecular complexity index is 564. The number of hydrogen-bond donors (Lipinski definition) is 1. The number of hydrogen-bond acceptors (Lipinski definition) is 4. The first-order chi connectivity index (χ1) is 10.7. The van der Waals surface area contributed by atoms with E-state index in [4.69, 9.17) is 9.47 Å². The molecule has 1 saturated carbocycles. The van der Waals surface area contributed by atoms with Gasteiger partial charge in [0.1, 0.15) is 11.5 Å². The Kier molecular flexibility index (Phi) is 4.61. The molecule has 0 aromatic heterocycles. The summed E-state index contributed by atoms with van der Waals surface area (Å²) in [6.07, 6.45) is 7.71. The molecule has 1 amide bonds. The highest BCUT2D eigenvalue weighted by molar-refractivity contribution is 5.95. The summed E-state index contributed by atoms with van der Waals surface area (Å²) in [7, 11) is 0. The molecular weight excluding hydrogens is 282 g/mol. The molecule has 5 heteroatoms. The number of fused-ring (bicyclic) bond motifs is 1. The zero-order valence-corrected chi connectivity index (χ0v) is 12.6. The third-order valence-electron chi connectivity index (χ3n) is 4.30. The standard InChI is InChI=1S/C17H21NO4/c19-16-11-21-15-8-7-13(10-14(15)18-16)22-17(20)9-6-12-4-2-1-3-5-12/h7-8,10,12H,1-6,9,11H2,(H,18,19). The van der Waals surface area contributed by atoms with E-state index in [1.807, 2.05) is 0 Å². The van der Waals surface area contributed by atoms with E-state index in [1.54, 1.807) is 18.2 Å². The number of carbonyl (C=O) groups is 2. The van der Waals surface area contributed by atoms with Crippen molar-refractivity contribution in [2.75, 3.05) is 11.9 Å². The summed E-state index contributed by atoms with van der Waals surface area (Å²) in [5.74, 6) is 1.29. The molecule has 2 aliphatic rings. The molecule has 118 valence electrons. The van der Waals surface area contributed by atoms with Crippen molar-refractivity contribution in [1.82, 2.24) is 0 Å². The van der Waals surface area contributed by atoms with Crippen LogP contribution in [0, 0.1) is 5.92 Å². The summed E-state index contributed by atoms with van der Waals surface area (Å²) >= 11 is 0. The summed E-state index contributed by atoms with van der Waals surface area (Å²) in [5, 5.41) is 2.70. The molecule has 1 heterocycles. The van der Waals surface area contributed by atoms with Crippen molar-refractivity contribution in [3.8, 4) is 11.5 Å². The fourth-order valence-electron chi connectivity index (χ4n) is 3.11. The third kappa shape index (κ3) is 3.78. The van der Waals surface area contributed by atoms with Crippen molar-refractivity contribution < 1.29 is 19.1 Å². The van der Waals surface area contributed by atoms with Gasteiger partial charge >= 0.3 is 5.97 Å². The highest BCUT2D eigenvalue weighted by Crippen LogP contribution is 2.32. The van der Waals surface area contributed by atoms with Crippen molar-refractivity contribution in [2.24, 2.45) is 5.92 Å². The predicted molar refractivity (Wildman–Crippen MR) is 82.0 cm³/mol. The van der Waals surface area contributed by atoms with Gasteiger partial charge < -0.3 is 14.8 Å². The first-order valence-corrected chi connectivity index (χ1v) is 7.98. The molecule has 1 aliphatic heterocycles. The van der Waals surface area contributed by atoms with Gasteiger partial charge in [-0.15, -0.1) is 0 Å². The molecule has 0 saturated heterocycles. The van der Waals surface area contributed by atoms with E-state index in [0.29, 0.717) is 29.5 Å². The Balaban J connectivity index is 1.52. The van der Waals surface area contributed by atoms with E-state index in [1.165, 1.54) is 32.1 Å².